The van der Waals surface area contributed by atoms with E-state index in [1.165, 1.54) is 0 Å². The van der Waals surface area contributed by atoms with Gasteiger partial charge in [-0.25, -0.2) is 0 Å². The van der Waals surface area contributed by atoms with E-state index in [-0.39, 0.29) is 35.6 Å². The molecule has 0 amide bonds. The molecule has 0 saturated carbocycles. The molecule has 0 fully saturated rings. The number of hydrogen-bond acceptors (Lipinski definition) is 1. The zero-order chi connectivity index (χ0) is 2.00. The number of rotatable bonds is 0. The fourth-order valence-corrected chi connectivity index (χ4v) is 0. The Labute approximate surface area is 50.4 Å². The average molecular weight is 110 g/mol. The molecule has 0 aliphatic rings. The molecule has 0 aromatic heterocycles. The molecule has 0 rings (SSSR count). The van der Waals surface area contributed by atoms with Crippen molar-refractivity contribution in [2.45, 2.75) is 0 Å². The van der Waals surface area contributed by atoms with E-state index >= 15 is 0 Å². The molecule has 0 saturated heterocycles. The van der Waals surface area contributed by atoms with Crippen LogP contribution in [0.15, 0.2) is 0 Å². The zero-order valence-corrected chi connectivity index (χ0v) is 4.28. The van der Waals surface area contributed by atoms with E-state index < -0.39 is 0 Å². The van der Waals surface area contributed by atoms with Gasteiger partial charge in [-0.3, -0.25) is 0 Å². The van der Waals surface area contributed by atoms with E-state index in [0.717, 1.165) is 0 Å². The second-order valence-electron chi connectivity index (χ2n) is 0. The Hall–Kier alpha value is 1.12. The predicted molar refractivity (Wildman–Crippen MR) is 12.2 cm³/mol. The monoisotopic (exact) mass is 110 g/mol. The fourth-order valence-electron chi connectivity index (χ4n) is 0. The molecule has 4 heavy (non-hydrogen) atoms. The Balaban J connectivity index is -0.00000000500. The van der Waals surface area contributed by atoms with Crippen molar-refractivity contribution in [2.24, 2.45) is 0 Å². The first-order chi connectivity index (χ1) is 1.00. The van der Waals surface area contributed by atoms with Crippen LogP contribution >= 0.6 is 0 Å². The minimum atomic E-state index is 0. The summed E-state index contributed by atoms with van der Waals surface area (Å²) in [5.74, 6) is 0. The van der Waals surface area contributed by atoms with Gasteiger partial charge >= 0.3 is 10.1 Å². The summed E-state index contributed by atoms with van der Waals surface area (Å²) in [7, 11) is 1.72. The van der Waals surface area contributed by atoms with Gasteiger partial charge in [-0.15, -0.1) is 0 Å². The molecule has 0 spiro atoms. The molecule has 0 unspecified atom stereocenters. The van der Waals surface area contributed by atoms with Gasteiger partial charge in [-0.1, -0.05) is 0 Å². The summed E-state index contributed by atoms with van der Waals surface area (Å²) >= 11 is 0. The van der Waals surface area contributed by atoms with Crippen molar-refractivity contribution in [2.75, 3.05) is 0 Å². The molecule has 1 nitrogen and oxygen atoms in total. The van der Waals surface area contributed by atoms with Crippen molar-refractivity contribution in [3.8, 4) is 0 Å². The topological polar surface area (TPSA) is 17.1 Å². The molecule has 4 radical (unpaired) electrons. The third kappa shape index (κ3) is 11.2. The Bertz CT molecular complexity index is 8.00. The van der Waals surface area contributed by atoms with Crippen LogP contribution in [0.1, 0.15) is 0 Å². The minimum absolute atomic E-state index is 0. The first-order valence-electron chi connectivity index (χ1n) is 0.204. The van der Waals surface area contributed by atoms with Crippen molar-refractivity contribution in [1.29, 1.82) is 0 Å². The summed E-state index contributed by atoms with van der Waals surface area (Å²) in [6, 6.07) is 0. The van der Waals surface area contributed by atoms with Gasteiger partial charge in [0.1, 0.15) is 0 Å². The molecule has 0 heterocycles. The second-order valence-corrected chi connectivity index (χ2v) is 0. The van der Waals surface area contributed by atoms with Crippen LogP contribution in [0.5, 0.6) is 0 Å². The standard InChI is InChI=1S/Co.Li.OSi/c;;1-2. The van der Waals surface area contributed by atoms with E-state index in [9.17, 15) is 0 Å². The zero-order valence-electron chi connectivity index (χ0n) is 2.24. The van der Waals surface area contributed by atoms with Crippen molar-refractivity contribution in [3.63, 3.8) is 0 Å². The van der Waals surface area contributed by atoms with E-state index in [1.54, 1.807) is 10.1 Å². The van der Waals surface area contributed by atoms with Crippen molar-refractivity contribution < 1.29 is 21.2 Å². The first-order valence-corrected chi connectivity index (χ1v) is 0.612. The van der Waals surface area contributed by atoms with Gasteiger partial charge in [0.05, 0.1) is 0 Å². The molecule has 0 aliphatic heterocycles. The fraction of sp³-hybridized carbons (Fsp3) is 0. The van der Waals surface area contributed by atoms with Crippen LogP contribution in [-0.4, -0.2) is 29.0 Å². The predicted octanol–water partition coefficient (Wildman–Crippen LogP) is -0.883. The van der Waals surface area contributed by atoms with Gasteiger partial charge in [0.15, 0.2) is 0 Å². The van der Waals surface area contributed by atoms with E-state index in [0.29, 0.717) is 0 Å². The van der Waals surface area contributed by atoms with Gasteiger partial charge in [0.25, 0.3) is 0 Å². The summed E-state index contributed by atoms with van der Waals surface area (Å²) < 4.78 is 8.06. The van der Waals surface area contributed by atoms with Crippen LogP contribution in [0.25, 0.3) is 0 Å². The van der Waals surface area contributed by atoms with Gasteiger partial charge in [-0.2, -0.15) is 0 Å². The van der Waals surface area contributed by atoms with Crippen molar-refractivity contribution in [1.82, 2.24) is 0 Å². The Morgan fingerprint density at radius 1 is 1.25 bits per heavy atom. The second kappa shape index (κ2) is 31.9. The SMILES string of the molecule is O=[Si].[Co].[Li]. The first kappa shape index (κ1) is 19.3. The molecular formula is CoLiOSi. The van der Waals surface area contributed by atoms with Crippen LogP contribution in [-0.2, 0) is 21.2 Å². The maximum atomic E-state index is 8.06. The Kier molecular flexibility index (Phi) is 154. The smallest absolute Gasteiger partial charge is 0.381 e. The molecule has 4 heteroatoms. The summed E-state index contributed by atoms with van der Waals surface area (Å²) in [6.07, 6.45) is 0. The van der Waals surface area contributed by atoms with Crippen LogP contribution in [0, 0.1) is 0 Å². The summed E-state index contributed by atoms with van der Waals surface area (Å²) in [5, 5.41) is 0. The van der Waals surface area contributed by atoms with E-state index in [1.807, 2.05) is 0 Å². The van der Waals surface area contributed by atoms with E-state index in [4.69, 9.17) is 4.46 Å². The number of hydrogen-bond donors (Lipinski definition) is 0. The molecule has 0 atom stereocenters. The minimum Gasteiger partial charge on any atom is -0.381 e. The molecule has 0 aliphatic carbocycles. The Morgan fingerprint density at radius 3 is 1.25 bits per heavy atom. The normalized spacial score (nSPS) is 1.00. The molecule has 0 aromatic rings. The van der Waals surface area contributed by atoms with Crippen molar-refractivity contribution in [3.05, 3.63) is 0 Å². The summed E-state index contributed by atoms with van der Waals surface area (Å²) in [5.41, 5.74) is 0. The Morgan fingerprint density at radius 2 is 1.25 bits per heavy atom. The van der Waals surface area contributed by atoms with Crippen LogP contribution < -0.4 is 0 Å². The summed E-state index contributed by atoms with van der Waals surface area (Å²) in [6.45, 7) is 0. The molecule has 20 valence electrons. The summed E-state index contributed by atoms with van der Waals surface area (Å²) in [4.78, 5) is 0. The van der Waals surface area contributed by atoms with Crippen LogP contribution in [0.3, 0.4) is 0 Å². The average Bonchev–Trinajstić information content (AvgIpc) is 1.00. The maximum Gasteiger partial charge on any atom is 0.381 e. The van der Waals surface area contributed by atoms with Gasteiger partial charge < -0.3 is 4.46 Å². The van der Waals surface area contributed by atoms with Gasteiger partial charge in [0.2, 0.25) is 0 Å². The van der Waals surface area contributed by atoms with Crippen molar-refractivity contribution >= 4 is 29.0 Å². The van der Waals surface area contributed by atoms with Gasteiger partial charge in [0, 0.05) is 35.6 Å². The largest absolute Gasteiger partial charge is 0.381 e. The molecule has 0 bridgehead atoms. The quantitative estimate of drug-likeness (QED) is 0.370. The third-order valence-corrected chi connectivity index (χ3v) is 0. The molecule has 0 aromatic carbocycles. The molecular weight excluding hydrogens is 110 g/mol. The van der Waals surface area contributed by atoms with Gasteiger partial charge in [-0.05, 0) is 0 Å². The third-order valence-electron chi connectivity index (χ3n) is 0. The van der Waals surface area contributed by atoms with Crippen LogP contribution in [0.4, 0.5) is 0 Å². The van der Waals surface area contributed by atoms with Crippen LogP contribution in [0.2, 0.25) is 0 Å². The van der Waals surface area contributed by atoms with E-state index in [2.05, 4.69) is 0 Å². The molecule has 0 N–H and O–H groups in total. The maximum absolute atomic E-state index is 8.06.